The number of aryl methyl sites for hydroxylation is 1. The number of benzene rings is 3. The molecular weight excluding hydrogens is 559 g/mol. The second-order valence-corrected chi connectivity index (χ2v) is 10.9. The molecule has 3 heterocycles. The summed E-state index contributed by atoms with van der Waals surface area (Å²) in [6.45, 7) is 3.33. The number of imidazole rings is 1. The number of fused-ring (bicyclic) bond motifs is 1. The average molecular weight is 592 g/mol. The first-order valence-electron chi connectivity index (χ1n) is 14.0. The molecule has 2 aliphatic rings. The maximum absolute atomic E-state index is 13.7. The number of nitrogens with one attached hydrogen (secondary N) is 3. The molecule has 0 aliphatic carbocycles. The summed E-state index contributed by atoms with van der Waals surface area (Å²) in [7, 11) is 1.87. The van der Waals surface area contributed by atoms with E-state index in [4.69, 9.17) is 15.5 Å². The summed E-state index contributed by atoms with van der Waals surface area (Å²) in [5, 5.41) is 9.28. The van der Waals surface area contributed by atoms with Gasteiger partial charge in [-0.1, -0.05) is 18.2 Å². The van der Waals surface area contributed by atoms with E-state index >= 15 is 0 Å². The molecule has 4 aromatic rings. The summed E-state index contributed by atoms with van der Waals surface area (Å²) in [6, 6.07) is 16.0. The third kappa shape index (κ3) is 5.63. The highest BCUT2D eigenvalue weighted by atomic mass is 19.4. The Balaban J connectivity index is 1.28. The van der Waals surface area contributed by atoms with E-state index in [2.05, 4.69) is 16.0 Å². The van der Waals surface area contributed by atoms with Crippen molar-refractivity contribution >= 4 is 34.3 Å². The summed E-state index contributed by atoms with van der Waals surface area (Å²) in [6.07, 6.45) is 0.216. The van der Waals surface area contributed by atoms with Crippen LogP contribution in [0.5, 0.6) is 5.75 Å². The number of nitrogens with zero attached hydrogens (tertiary/aromatic N) is 3. The number of carbonyl (C=O) groups excluding carboxylic acids is 1. The number of hydrogen-bond donors (Lipinski definition) is 4. The van der Waals surface area contributed by atoms with Gasteiger partial charge >= 0.3 is 6.18 Å². The average Bonchev–Trinajstić information content (AvgIpc) is 3.35. The molecule has 1 unspecified atom stereocenters. The van der Waals surface area contributed by atoms with Gasteiger partial charge < -0.3 is 25.6 Å². The van der Waals surface area contributed by atoms with Gasteiger partial charge in [-0.3, -0.25) is 15.1 Å². The van der Waals surface area contributed by atoms with Crippen LogP contribution in [0.1, 0.15) is 34.3 Å². The second kappa shape index (κ2) is 10.9. The number of piperidine rings is 1. The largest absolute Gasteiger partial charge is 0.490 e. The molecule has 1 amide bonds. The fraction of sp³-hybridized carbons (Fsp3) is 0.290. The number of nitrogens with two attached hydrogens (primary N) is 1. The first kappa shape index (κ1) is 28.6. The molecule has 1 saturated heterocycles. The summed E-state index contributed by atoms with van der Waals surface area (Å²) in [5.74, 6) is -1.12. The summed E-state index contributed by atoms with van der Waals surface area (Å²) < 4.78 is 49.0. The molecule has 2 aliphatic heterocycles. The molecule has 9 nitrogen and oxygen atoms in total. The zero-order valence-corrected chi connectivity index (χ0v) is 23.7. The number of likely N-dealkylation sites (N-methyl/N-ethyl adjacent to an activating group) is 1. The minimum atomic E-state index is -4.64. The van der Waals surface area contributed by atoms with Gasteiger partial charge in [0.2, 0.25) is 5.95 Å². The Morgan fingerprint density at radius 2 is 1.88 bits per heavy atom. The molecule has 0 bridgehead atoms. The van der Waals surface area contributed by atoms with E-state index in [0.717, 1.165) is 41.8 Å². The predicted molar refractivity (Wildman–Crippen MR) is 159 cm³/mol. The molecule has 0 saturated carbocycles. The summed E-state index contributed by atoms with van der Waals surface area (Å²) in [5.41, 5.74) is 9.09. The first-order valence-corrected chi connectivity index (χ1v) is 14.0. The second-order valence-electron chi connectivity index (χ2n) is 10.9. The zero-order chi connectivity index (χ0) is 30.4. The van der Waals surface area contributed by atoms with Crippen molar-refractivity contribution in [3.05, 3.63) is 89.6 Å². The Morgan fingerprint density at radius 3 is 2.58 bits per heavy atom. The van der Waals surface area contributed by atoms with E-state index in [1.54, 1.807) is 18.2 Å². The van der Waals surface area contributed by atoms with Crippen molar-refractivity contribution in [2.24, 2.45) is 5.73 Å². The van der Waals surface area contributed by atoms with Crippen molar-refractivity contribution in [3.8, 4) is 5.75 Å². The van der Waals surface area contributed by atoms with Crippen LogP contribution in [0, 0.1) is 6.92 Å². The topological polar surface area (TPSA) is 109 Å². The maximum atomic E-state index is 13.7. The molecule has 3 aromatic carbocycles. The van der Waals surface area contributed by atoms with Gasteiger partial charge in [0, 0.05) is 30.2 Å². The number of anilines is 3. The van der Waals surface area contributed by atoms with Gasteiger partial charge in [0.05, 0.1) is 16.6 Å². The van der Waals surface area contributed by atoms with E-state index in [1.807, 2.05) is 60.0 Å². The van der Waals surface area contributed by atoms with E-state index in [-0.39, 0.29) is 17.4 Å². The van der Waals surface area contributed by atoms with Crippen LogP contribution in [0.2, 0.25) is 0 Å². The maximum Gasteiger partial charge on any atom is 0.416 e. The lowest BCUT2D eigenvalue weighted by Gasteiger charge is -2.44. The Labute approximate surface area is 246 Å². The quantitative estimate of drug-likeness (QED) is 0.224. The third-order valence-electron chi connectivity index (χ3n) is 7.85. The van der Waals surface area contributed by atoms with Crippen LogP contribution in [0.15, 0.2) is 72.9 Å². The number of rotatable bonds is 7. The molecule has 1 fully saturated rings. The molecule has 12 heteroatoms. The van der Waals surface area contributed by atoms with Crippen molar-refractivity contribution in [3.63, 3.8) is 0 Å². The van der Waals surface area contributed by atoms with Crippen molar-refractivity contribution in [2.45, 2.75) is 37.8 Å². The number of hydrogen-bond acceptors (Lipinski definition) is 7. The van der Waals surface area contributed by atoms with Crippen molar-refractivity contribution < 1.29 is 22.7 Å². The highest BCUT2D eigenvalue weighted by Crippen LogP contribution is 2.36. The smallest absolute Gasteiger partial charge is 0.416 e. The normalized spacial score (nSPS) is 18.9. The number of halogens is 3. The van der Waals surface area contributed by atoms with Crippen LogP contribution in [0.3, 0.4) is 0 Å². The van der Waals surface area contributed by atoms with Gasteiger partial charge in [0.25, 0.3) is 5.91 Å². The van der Waals surface area contributed by atoms with Crippen LogP contribution in [-0.4, -0.2) is 46.6 Å². The monoisotopic (exact) mass is 591 g/mol. The Kier molecular flexibility index (Phi) is 7.26. The lowest BCUT2D eigenvalue weighted by Crippen LogP contribution is -2.57. The highest BCUT2D eigenvalue weighted by molar-refractivity contribution is 6.05. The zero-order valence-electron chi connectivity index (χ0n) is 23.7. The summed E-state index contributed by atoms with van der Waals surface area (Å²) >= 11 is 0. The van der Waals surface area contributed by atoms with Crippen molar-refractivity contribution in [1.82, 2.24) is 19.8 Å². The van der Waals surface area contributed by atoms with Gasteiger partial charge in [-0.2, -0.15) is 13.2 Å². The van der Waals surface area contributed by atoms with Gasteiger partial charge in [-0.05, 0) is 87.0 Å². The van der Waals surface area contributed by atoms with E-state index in [0.29, 0.717) is 30.2 Å². The minimum Gasteiger partial charge on any atom is -0.490 e. The first-order chi connectivity index (χ1) is 20.5. The van der Waals surface area contributed by atoms with E-state index in [1.165, 1.54) is 6.07 Å². The van der Waals surface area contributed by atoms with Crippen molar-refractivity contribution in [1.29, 1.82) is 0 Å². The number of aromatic nitrogens is 2. The van der Waals surface area contributed by atoms with E-state index in [9.17, 15) is 18.0 Å². The number of para-hydroxylation sites is 2. The lowest BCUT2D eigenvalue weighted by molar-refractivity contribution is -0.137. The number of alkyl halides is 3. The van der Waals surface area contributed by atoms with Crippen LogP contribution in [-0.2, 0) is 12.0 Å². The van der Waals surface area contributed by atoms with Gasteiger partial charge in [0.15, 0.2) is 5.79 Å². The molecule has 5 N–H and O–H groups in total. The molecule has 1 aromatic heterocycles. The predicted octanol–water partition coefficient (Wildman–Crippen LogP) is 5.52. The number of carbonyl (C=O) groups is 1. The molecule has 0 radical (unpaired) electrons. The molecule has 1 atom stereocenters. The fourth-order valence-corrected chi connectivity index (χ4v) is 5.31. The standard InChI is InChI=1S/C31H32F3N7O2/c1-19-7-8-22(18-26(19)39-29-38-25-5-3-4-6-27(25)41(29)30(35)11-14-40(30)2)37-28(42)20-15-21(31(32,33)34)17-24(16-20)43-23-9-12-36-13-10-23/h3-8,11,14-18,23,36H,9-10,12-13,35H2,1-2H3,(H,37,42)(H,38,39). The van der Waals surface area contributed by atoms with Crippen LogP contribution < -0.4 is 26.4 Å². The molecule has 0 spiro atoms. The summed E-state index contributed by atoms with van der Waals surface area (Å²) in [4.78, 5) is 19.9. The van der Waals surface area contributed by atoms with Crippen molar-refractivity contribution in [2.75, 3.05) is 30.8 Å². The van der Waals surface area contributed by atoms with Crippen LogP contribution in [0.25, 0.3) is 11.0 Å². The van der Waals surface area contributed by atoms with Crippen LogP contribution >= 0.6 is 0 Å². The third-order valence-corrected chi connectivity index (χ3v) is 7.85. The molecule has 224 valence electrons. The van der Waals surface area contributed by atoms with E-state index < -0.39 is 23.4 Å². The van der Waals surface area contributed by atoms with Gasteiger partial charge in [-0.15, -0.1) is 0 Å². The number of amides is 1. The Hall–Kier alpha value is -4.55. The number of ether oxygens (including phenoxy) is 1. The lowest BCUT2D eigenvalue weighted by atomic mass is 10.1. The molecule has 6 rings (SSSR count). The Bertz CT molecular complexity index is 1710. The minimum absolute atomic E-state index is 0.0164. The fourth-order valence-electron chi connectivity index (χ4n) is 5.31. The highest BCUT2D eigenvalue weighted by Gasteiger charge is 2.38. The SMILES string of the molecule is Cc1ccc(NC(=O)c2cc(OC3CCNCC3)cc(C(F)(F)F)c2)cc1Nc1nc2ccccc2n1C1(N)C=CN1C. The van der Waals surface area contributed by atoms with Gasteiger partial charge in [0.1, 0.15) is 11.9 Å². The molecule has 43 heavy (non-hydrogen) atoms. The Morgan fingerprint density at radius 1 is 1.12 bits per heavy atom. The van der Waals surface area contributed by atoms with Crippen LogP contribution in [0.4, 0.5) is 30.5 Å². The molecular formula is C31H32F3N7O2. The van der Waals surface area contributed by atoms with Gasteiger partial charge in [-0.25, -0.2) is 4.98 Å².